The van der Waals surface area contributed by atoms with E-state index in [1.807, 2.05) is 0 Å². The van der Waals surface area contributed by atoms with Crippen molar-refractivity contribution in [3.05, 3.63) is 11.4 Å². The van der Waals surface area contributed by atoms with Crippen molar-refractivity contribution in [3.63, 3.8) is 0 Å². The molecule has 0 spiro atoms. The quantitative estimate of drug-likeness (QED) is 0.558. The number of rotatable bonds is 8. The molecule has 0 saturated heterocycles. The van der Waals surface area contributed by atoms with E-state index in [9.17, 15) is 8.42 Å². The molecule has 8 heteroatoms. The average molecular weight is 276 g/mol. The van der Waals surface area contributed by atoms with Crippen molar-refractivity contribution in [3.8, 4) is 0 Å². The Bertz CT molecular complexity index is 450. The summed E-state index contributed by atoms with van der Waals surface area (Å²) in [5.41, 5.74) is 1.03. The summed E-state index contributed by atoms with van der Waals surface area (Å²) in [7, 11) is -1.87. The van der Waals surface area contributed by atoms with Crippen molar-refractivity contribution in [2.45, 2.75) is 18.7 Å². The van der Waals surface area contributed by atoms with Crippen LogP contribution in [0.2, 0.25) is 0 Å². The molecule has 18 heavy (non-hydrogen) atoms. The Morgan fingerprint density at radius 3 is 2.56 bits per heavy atom. The van der Waals surface area contributed by atoms with Crippen LogP contribution in [0.25, 0.3) is 0 Å². The minimum Gasteiger partial charge on any atom is -0.383 e. The van der Waals surface area contributed by atoms with Gasteiger partial charge in [0.2, 0.25) is 10.0 Å². The fourth-order valence-corrected chi connectivity index (χ4v) is 2.98. The van der Waals surface area contributed by atoms with Crippen LogP contribution in [0.1, 0.15) is 11.4 Å². The van der Waals surface area contributed by atoms with Gasteiger partial charge in [-0.2, -0.15) is 5.10 Å². The zero-order valence-corrected chi connectivity index (χ0v) is 11.7. The molecule has 0 aliphatic rings. The third kappa shape index (κ3) is 4.05. The second-order valence-electron chi connectivity index (χ2n) is 3.90. The van der Waals surface area contributed by atoms with Crippen molar-refractivity contribution in [2.75, 3.05) is 33.4 Å². The third-order valence-electron chi connectivity index (χ3n) is 2.41. The number of methoxy groups -OCH3 is 1. The molecule has 0 bridgehead atoms. The van der Waals surface area contributed by atoms with Crippen LogP contribution in [0, 0.1) is 13.8 Å². The number of aryl methyl sites for hydroxylation is 2. The zero-order valence-electron chi connectivity index (χ0n) is 10.9. The van der Waals surface area contributed by atoms with Crippen LogP contribution >= 0.6 is 0 Å². The van der Waals surface area contributed by atoms with Gasteiger partial charge in [0.15, 0.2) is 0 Å². The highest BCUT2D eigenvalue weighted by Gasteiger charge is 2.21. The number of ether oxygens (including phenoxy) is 1. The summed E-state index contributed by atoms with van der Waals surface area (Å²) in [4.78, 5) is 0.236. The molecule has 0 aliphatic heterocycles. The van der Waals surface area contributed by atoms with Gasteiger partial charge in [0, 0.05) is 26.7 Å². The molecular formula is C10H20N4O3S. The number of nitrogens with one attached hydrogen (secondary N) is 3. The fraction of sp³-hybridized carbons (Fsp3) is 0.700. The molecule has 0 aliphatic carbocycles. The van der Waals surface area contributed by atoms with Crippen LogP contribution in [0.15, 0.2) is 4.90 Å². The monoisotopic (exact) mass is 276 g/mol. The van der Waals surface area contributed by atoms with Crippen molar-refractivity contribution in [2.24, 2.45) is 0 Å². The first-order valence-electron chi connectivity index (χ1n) is 5.70. The average Bonchev–Trinajstić information content (AvgIpc) is 2.64. The molecule has 1 aromatic rings. The topological polar surface area (TPSA) is 96.1 Å². The Morgan fingerprint density at radius 1 is 1.28 bits per heavy atom. The first-order valence-corrected chi connectivity index (χ1v) is 7.18. The fourth-order valence-electron chi connectivity index (χ4n) is 1.58. The summed E-state index contributed by atoms with van der Waals surface area (Å²) in [6, 6.07) is 0. The van der Waals surface area contributed by atoms with Gasteiger partial charge < -0.3 is 10.1 Å². The molecule has 7 nitrogen and oxygen atoms in total. The van der Waals surface area contributed by atoms with Crippen LogP contribution in [0.4, 0.5) is 0 Å². The van der Waals surface area contributed by atoms with Gasteiger partial charge in [-0.3, -0.25) is 5.10 Å². The molecule has 0 amide bonds. The predicted octanol–water partition coefficient (Wildman–Crippen LogP) is -0.459. The minimum atomic E-state index is -3.49. The van der Waals surface area contributed by atoms with Crippen LogP contribution in [-0.4, -0.2) is 52.0 Å². The minimum absolute atomic E-state index is 0.236. The summed E-state index contributed by atoms with van der Waals surface area (Å²) in [6.07, 6.45) is 0. The van der Waals surface area contributed by atoms with Gasteiger partial charge in [-0.05, 0) is 13.8 Å². The normalized spacial score (nSPS) is 11.9. The second kappa shape index (κ2) is 6.83. The van der Waals surface area contributed by atoms with Crippen molar-refractivity contribution >= 4 is 10.0 Å². The Morgan fingerprint density at radius 2 is 2.00 bits per heavy atom. The van der Waals surface area contributed by atoms with Crippen LogP contribution in [0.5, 0.6) is 0 Å². The molecular weight excluding hydrogens is 256 g/mol. The van der Waals surface area contributed by atoms with E-state index in [2.05, 4.69) is 20.2 Å². The molecule has 3 N–H and O–H groups in total. The van der Waals surface area contributed by atoms with E-state index >= 15 is 0 Å². The Hall–Kier alpha value is -0.960. The van der Waals surface area contributed by atoms with Gasteiger partial charge in [-0.15, -0.1) is 0 Å². The first kappa shape index (κ1) is 15.1. The summed E-state index contributed by atoms with van der Waals surface area (Å²) < 4.78 is 31.4. The van der Waals surface area contributed by atoms with E-state index in [1.54, 1.807) is 21.0 Å². The molecule has 0 aromatic carbocycles. The molecule has 0 fully saturated rings. The van der Waals surface area contributed by atoms with E-state index < -0.39 is 10.0 Å². The van der Waals surface area contributed by atoms with Crippen LogP contribution < -0.4 is 10.0 Å². The Labute approximate surface area is 107 Å². The SMILES string of the molecule is COCCNCCNS(=O)(=O)c1c(C)n[nH]c1C. The number of nitrogens with zero attached hydrogens (tertiary/aromatic N) is 1. The lowest BCUT2D eigenvalue weighted by Crippen LogP contribution is -2.33. The predicted molar refractivity (Wildman–Crippen MR) is 68.0 cm³/mol. The third-order valence-corrected chi connectivity index (χ3v) is 4.13. The standard InChI is InChI=1S/C10H20N4O3S/c1-8-10(9(2)14-13-8)18(15,16)12-5-4-11-6-7-17-3/h11-12H,4-7H2,1-3H3,(H,13,14). The maximum absolute atomic E-state index is 12.0. The molecule has 1 rings (SSSR count). The molecule has 1 aromatic heterocycles. The summed E-state index contributed by atoms with van der Waals surface area (Å²) in [6.45, 7) is 5.53. The Kier molecular flexibility index (Phi) is 5.73. The number of H-pyrrole nitrogens is 1. The van der Waals surface area contributed by atoms with Gasteiger partial charge >= 0.3 is 0 Å². The van der Waals surface area contributed by atoms with E-state index in [4.69, 9.17) is 4.74 Å². The molecule has 0 radical (unpaired) electrons. The smallest absolute Gasteiger partial charge is 0.244 e. The Balaban J connectivity index is 2.46. The molecule has 0 saturated carbocycles. The van der Waals surface area contributed by atoms with E-state index in [0.717, 1.165) is 0 Å². The zero-order chi connectivity index (χ0) is 13.6. The van der Waals surface area contributed by atoms with Crippen molar-refractivity contribution in [1.82, 2.24) is 20.2 Å². The molecule has 104 valence electrons. The highest BCUT2D eigenvalue weighted by Crippen LogP contribution is 2.15. The van der Waals surface area contributed by atoms with Gasteiger partial charge in [-0.1, -0.05) is 0 Å². The lowest BCUT2D eigenvalue weighted by atomic mass is 10.4. The number of hydrogen-bond donors (Lipinski definition) is 3. The largest absolute Gasteiger partial charge is 0.383 e. The number of hydrogen-bond acceptors (Lipinski definition) is 5. The number of sulfonamides is 1. The van der Waals surface area contributed by atoms with Crippen molar-refractivity contribution < 1.29 is 13.2 Å². The van der Waals surface area contributed by atoms with Gasteiger partial charge in [-0.25, -0.2) is 13.1 Å². The van der Waals surface area contributed by atoms with Gasteiger partial charge in [0.05, 0.1) is 18.0 Å². The van der Waals surface area contributed by atoms with E-state index in [1.165, 1.54) is 0 Å². The number of aromatic amines is 1. The van der Waals surface area contributed by atoms with Crippen molar-refractivity contribution in [1.29, 1.82) is 0 Å². The van der Waals surface area contributed by atoms with Gasteiger partial charge in [0.25, 0.3) is 0 Å². The lowest BCUT2D eigenvalue weighted by Gasteiger charge is -2.07. The highest BCUT2D eigenvalue weighted by atomic mass is 32.2. The molecule has 0 unspecified atom stereocenters. The molecule has 0 atom stereocenters. The second-order valence-corrected chi connectivity index (χ2v) is 5.61. The highest BCUT2D eigenvalue weighted by molar-refractivity contribution is 7.89. The van der Waals surface area contributed by atoms with E-state index in [-0.39, 0.29) is 4.90 Å². The first-order chi connectivity index (χ1) is 8.49. The summed E-state index contributed by atoms with van der Waals surface area (Å²) >= 11 is 0. The number of aromatic nitrogens is 2. The maximum Gasteiger partial charge on any atom is 0.244 e. The maximum atomic E-state index is 12.0. The lowest BCUT2D eigenvalue weighted by molar-refractivity contribution is 0.199. The van der Waals surface area contributed by atoms with E-state index in [0.29, 0.717) is 37.6 Å². The van der Waals surface area contributed by atoms with Crippen LogP contribution in [-0.2, 0) is 14.8 Å². The summed E-state index contributed by atoms with van der Waals surface area (Å²) in [5, 5.41) is 9.59. The van der Waals surface area contributed by atoms with Gasteiger partial charge in [0.1, 0.15) is 4.90 Å². The van der Waals surface area contributed by atoms with Crippen LogP contribution in [0.3, 0.4) is 0 Å². The summed E-state index contributed by atoms with van der Waals surface area (Å²) in [5.74, 6) is 0. The molecule has 1 heterocycles.